The summed E-state index contributed by atoms with van der Waals surface area (Å²) in [6.07, 6.45) is 1.65. The minimum atomic E-state index is -0.606. The van der Waals surface area contributed by atoms with Crippen LogP contribution in [0.5, 0.6) is 0 Å². The molecular formula is C23H19BrClN5OS. The Hall–Kier alpha value is -2.73. The first-order valence-electron chi connectivity index (χ1n) is 9.85. The molecule has 0 aliphatic heterocycles. The van der Waals surface area contributed by atoms with E-state index in [1.54, 1.807) is 6.20 Å². The number of H-pyrrole nitrogens is 1. The minimum absolute atomic E-state index is 0.297. The molecule has 0 radical (unpaired) electrons. The smallest absolute Gasteiger partial charge is 0.317 e. The van der Waals surface area contributed by atoms with Gasteiger partial charge in [-0.05, 0) is 62.0 Å². The molecule has 0 unspecified atom stereocenters. The van der Waals surface area contributed by atoms with Gasteiger partial charge in [0.25, 0.3) is 0 Å². The van der Waals surface area contributed by atoms with E-state index in [1.807, 2.05) is 61.2 Å². The molecule has 0 bridgehead atoms. The second-order valence-corrected chi connectivity index (χ2v) is 9.51. The van der Waals surface area contributed by atoms with Gasteiger partial charge in [-0.15, -0.1) is 11.6 Å². The van der Waals surface area contributed by atoms with Crippen LogP contribution in [0.1, 0.15) is 19.4 Å². The van der Waals surface area contributed by atoms with E-state index in [-0.39, 0.29) is 5.69 Å². The van der Waals surface area contributed by atoms with Crippen molar-refractivity contribution >= 4 is 72.5 Å². The molecule has 1 N–H and O–H groups in total. The number of imidazole rings is 1. The molecule has 2 aromatic carbocycles. The summed E-state index contributed by atoms with van der Waals surface area (Å²) in [7, 11) is 0. The van der Waals surface area contributed by atoms with E-state index < -0.39 is 5.41 Å². The number of fused-ring (bicyclic) bond motifs is 3. The number of nitriles is 1. The third kappa shape index (κ3) is 3.92. The van der Waals surface area contributed by atoms with Gasteiger partial charge < -0.3 is 9.88 Å². The molecular weight excluding hydrogens is 510 g/mol. The van der Waals surface area contributed by atoms with Crippen molar-refractivity contribution in [1.29, 1.82) is 5.26 Å². The lowest BCUT2D eigenvalue weighted by molar-refractivity contribution is 0.687. The van der Waals surface area contributed by atoms with Crippen molar-refractivity contribution in [3.8, 4) is 6.07 Å². The van der Waals surface area contributed by atoms with Crippen molar-refractivity contribution in [3.63, 3.8) is 0 Å². The lowest BCUT2D eigenvalue weighted by Gasteiger charge is -2.25. The second kappa shape index (κ2) is 8.66. The van der Waals surface area contributed by atoms with Crippen molar-refractivity contribution in [1.82, 2.24) is 14.5 Å². The third-order valence-corrected chi connectivity index (χ3v) is 6.46. The number of halogens is 2. The SMILES string of the molecule is CC(C)(C#N)c1ccc(N(CCCl)C(=S)n2c(=O)[nH]c3c4cc(Br)ccc4ncc32)cc1. The van der Waals surface area contributed by atoms with E-state index in [9.17, 15) is 10.1 Å². The molecule has 4 rings (SSSR count). The monoisotopic (exact) mass is 527 g/mol. The number of hydrogen-bond acceptors (Lipinski definition) is 4. The predicted octanol–water partition coefficient (Wildman–Crippen LogP) is 5.32. The zero-order chi connectivity index (χ0) is 23.0. The third-order valence-electron chi connectivity index (χ3n) is 5.40. The van der Waals surface area contributed by atoms with Gasteiger partial charge in [0.15, 0.2) is 5.11 Å². The van der Waals surface area contributed by atoms with E-state index in [4.69, 9.17) is 23.8 Å². The van der Waals surface area contributed by atoms with Gasteiger partial charge in [0, 0.05) is 28.0 Å². The maximum atomic E-state index is 13.0. The highest BCUT2D eigenvalue weighted by atomic mass is 79.9. The second-order valence-electron chi connectivity index (χ2n) is 7.85. The Balaban J connectivity index is 1.81. The summed E-state index contributed by atoms with van der Waals surface area (Å²) in [6, 6.07) is 15.6. The fraction of sp³-hybridized carbons (Fsp3) is 0.217. The Bertz CT molecular complexity index is 1440. The first kappa shape index (κ1) is 22.5. The number of pyridine rings is 1. The van der Waals surface area contributed by atoms with E-state index in [0.717, 1.165) is 26.6 Å². The molecule has 4 aromatic rings. The van der Waals surface area contributed by atoms with Gasteiger partial charge in [0.1, 0.15) is 0 Å². The zero-order valence-corrected chi connectivity index (χ0v) is 20.6. The maximum absolute atomic E-state index is 13.0. The lowest BCUT2D eigenvalue weighted by Crippen LogP contribution is -2.40. The number of thiocarbonyl (C=S) groups is 1. The average molecular weight is 529 g/mol. The number of nitrogens with zero attached hydrogens (tertiary/aromatic N) is 4. The molecule has 9 heteroatoms. The number of rotatable bonds is 4. The highest BCUT2D eigenvalue weighted by Gasteiger charge is 2.22. The number of alkyl halides is 1. The first-order chi connectivity index (χ1) is 15.3. The van der Waals surface area contributed by atoms with Crippen LogP contribution in [0.25, 0.3) is 21.9 Å². The fourth-order valence-corrected chi connectivity index (χ4v) is 4.49. The summed E-state index contributed by atoms with van der Waals surface area (Å²) in [4.78, 5) is 22.2. The number of nitrogens with one attached hydrogen (secondary N) is 1. The Labute approximate surface area is 203 Å². The number of anilines is 1. The number of aromatic amines is 1. The molecule has 0 fully saturated rings. The van der Waals surface area contributed by atoms with Crippen LogP contribution in [0, 0.1) is 11.3 Å². The molecule has 162 valence electrons. The molecule has 0 aliphatic rings. The van der Waals surface area contributed by atoms with Crippen LogP contribution in [0.15, 0.2) is 57.9 Å². The summed E-state index contributed by atoms with van der Waals surface area (Å²) in [6.45, 7) is 4.14. The van der Waals surface area contributed by atoms with Gasteiger partial charge in [0.05, 0.1) is 34.2 Å². The van der Waals surface area contributed by atoms with Gasteiger partial charge in [-0.2, -0.15) is 5.26 Å². The minimum Gasteiger partial charge on any atom is -0.317 e. The molecule has 0 spiro atoms. The topological polar surface area (TPSA) is 77.7 Å². The van der Waals surface area contributed by atoms with Crippen LogP contribution in [0.3, 0.4) is 0 Å². The molecule has 0 amide bonds. The Kier molecular flexibility index (Phi) is 6.08. The normalized spacial score (nSPS) is 11.6. The highest BCUT2D eigenvalue weighted by molar-refractivity contribution is 9.10. The van der Waals surface area contributed by atoms with E-state index in [2.05, 4.69) is 32.0 Å². The molecule has 2 aromatic heterocycles. The van der Waals surface area contributed by atoms with Gasteiger partial charge >= 0.3 is 5.69 Å². The summed E-state index contributed by atoms with van der Waals surface area (Å²) in [5.74, 6) is 0.316. The van der Waals surface area contributed by atoms with Gasteiger partial charge in [0.2, 0.25) is 0 Å². The van der Waals surface area contributed by atoms with Crippen LogP contribution >= 0.6 is 39.7 Å². The van der Waals surface area contributed by atoms with E-state index in [1.165, 1.54) is 4.57 Å². The van der Waals surface area contributed by atoms with Crippen LogP contribution in [0.4, 0.5) is 5.69 Å². The van der Waals surface area contributed by atoms with Crippen LogP contribution in [-0.2, 0) is 5.41 Å². The summed E-state index contributed by atoms with van der Waals surface area (Å²) in [5, 5.41) is 10.5. The van der Waals surface area contributed by atoms with Crippen LogP contribution < -0.4 is 10.6 Å². The maximum Gasteiger partial charge on any atom is 0.332 e. The molecule has 6 nitrogen and oxygen atoms in total. The summed E-state index contributed by atoms with van der Waals surface area (Å²) in [5.41, 5.74) is 2.75. The molecule has 32 heavy (non-hydrogen) atoms. The van der Waals surface area contributed by atoms with E-state index in [0.29, 0.717) is 28.6 Å². The fourth-order valence-electron chi connectivity index (χ4n) is 3.58. The average Bonchev–Trinajstić information content (AvgIpc) is 3.13. The quantitative estimate of drug-likeness (QED) is 0.286. The number of benzene rings is 2. The predicted molar refractivity (Wildman–Crippen MR) is 137 cm³/mol. The zero-order valence-electron chi connectivity index (χ0n) is 17.4. The van der Waals surface area contributed by atoms with Crippen molar-refractivity contribution < 1.29 is 0 Å². The molecule has 0 aliphatic carbocycles. The van der Waals surface area contributed by atoms with Crippen LogP contribution in [0.2, 0.25) is 0 Å². The first-order valence-corrected chi connectivity index (χ1v) is 11.6. The number of aromatic nitrogens is 3. The van der Waals surface area contributed by atoms with E-state index >= 15 is 0 Å². The highest BCUT2D eigenvalue weighted by Crippen LogP contribution is 2.27. The molecule has 0 atom stereocenters. The van der Waals surface area contributed by atoms with Gasteiger partial charge in [-0.25, -0.2) is 9.36 Å². The van der Waals surface area contributed by atoms with Gasteiger partial charge in [-0.3, -0.25) is 4.98 Å². The Morgan fingerprint density at radius 1 is 1.31 bits per heavy atom. The van der Waals surface area contributed by atoms with Crippen LogP contribution in [-0.4, -0.2) is 32.1 Å². The van der Waals surface area contributed by atoms with Gasteiger partial charge in [-0.1, -0.05) is 28.1 Å². The number of hydrogen-bond donors (Lipinski definition) is 1. The lowest BCUT2D eigenvalue weighted by atomic mass is 9.86. The molecule has 0 saturated heterocycles. The summed E-state index contributed by atoms with van der Waals surface area (Å²) >= 11 is 15.3. The van der Waals surface area contributed by atoms with Crippen molar-refractivity contribution in [2.24, 2.45) is 0 Å². The largest absolute Gasteiger partial charge is 0.332 e. The standard InChI is InChI=1S/C23H19BrClN5OS/c1-23(2,13-26)14-3-6-16(7-4-14)29(10-9-25)22(32)30-19-12-27-18-8-5-15(24)11-17(18)20(19)28-21(30)31/h3-8,11-12H,9-10H2,1-2H3,(H,28,31). The Morgan fingerprint density at radius 2 is 2.03 bits per heavy atom. The Morgan fingerprint density at radius 3 is 2.69 bits per heavy atom. The van der Waals surface area contributed by atoms with Crippen molar-refractivity contribution in [3.05, 3.63) is 69.2 Å². The molecule has 2 heterocycles. The molecule has 0 saturated carbocycles. The van der Waals surface area contributed by atoms with Crippen molar-refractivity contribution in [2.75, 3.05) is 17.3 Å². The summed E-state index contributed by atoms with van der Waals surface area (Å²) < 4.78 is 2.33. The van der Waals surface area contributed by atoms with Crippen molar-refractivity contribution in [2.45, 2.75) is 19.3 Å².